The van der Waals surface area contributed by atoms with E-state index < -0.39 is 10.0 Å². The molecule has 0 aliphatic heterocycles. The van der Waals surface area contributed by atoms with E-state index in [2.05, 4.69) is 25.3 Å². The van der Waals surface area contributed by atoms with E-state index in [1.807, 2.05) is 0 Å². The van der Waals surface area contributed by atoms with Crippen LogP contribution in [0.1, 0.15) is 11.4 Å². The van der Waals surface area contributed by atoms with Crippen molar-refractivity contribution in [3.8, 4) is 0 Å². The highest BCUT2D eigenvalue weighted by Crippen LogP contribution is 2.26. The number of rotatable bonds is 4. The van der Waals surface area contributed by atoms with Gasteiger partial charge in [0.1, 0.15) is 0 Å². The lowest BCUT2D eigenvalue weighted by atomic mass is 10.2. The Kier molecular flexibility index (Phi) is 3.69. The van der Waals surface area contributed by atoms with Gasteiger partial charge in [0.2, 0.25) is 10.0 Å². The molecule has 0 bridgehead atoms. The molecule has 0 aliphatic carbocycles. The fraction of sp³-hybridized carbons (Fsp3) is 0.222. The molecule has 102 valence electrons. The Bertz CT molecular complexity index is 662. The second kappa shape index (κ2) is 5.11. The maximum absolute atomic E-state index is 12.0. The molecule has 2 aromatic rings. The number of aromatic amines is 1. The van der Waals surface area contributed by atoms with Crippen LogP contribution in [-0.2, 0) is 16.6 Å². The molecule has 10 heteroatoms. The van der Waals surface area contributed by atoms with Gasteiger partial charge in [0, 0.05) is 0 Å². The first-order chi connectivity index (χ1) is 8.90. The van der Waals surface area contributed by atoms with E-state index in [0.29, 0.717) is 10.6 Å². The number of tetrazole rings is 1. The number of aryl methyl sites for hydroxylation is 1. The molecule has 0 fully saturated rings. The van der Waals surface area contributed by atoms with Crippen LogP contribution in [0.2, 0.25) is 5.02 Å². The molecule has 0 radical (unpaired) electrons. The van der Waals surface area contributed by atoms with E-state index in [1.165, 1.54) is 12.1 Å². The largest absolute Gasteiger partial charge is 0.397 e. The average molecular weight is 303 g/mol. The zero-order valence-corrected chi connectivity index (χ0v) is 11.5. The van der Waals surface area contributed by atoms with Crippen LogP contribution in [0.5, 0.6) is 0 Å². The number of H-pyrrole nitrogens is 1. The van der Waals surface area contributed by atoms with Crippen molar-refractivity contribution in [2.24, 2.45) is 0 Å². The highest BCUT2D eigenvalue weighted by molar-refractivity contribution is 7.89. The average Bonchev–Trinajstić information content (AvgIpc) is 2.86. The van der Waals surface area contributed by atoms with E-state index in [-0.39, 0.29) is 23.0 Å². The Hall–Kier alpha value is -1.71. The molecule has 1 aromatic carbocycles. The second-order valence-corrected chi connectivity index (χ2v) is 5.94. The summed E-state index contributed by atoms with van der Waals surface area (Å²) in [5, 5.41) is 13.2. The molecule has 1 aromatic heterocycles. The summed E-state index contributed by atoms with van der Waals surface area (Å²) in [6, 6.07) is 2.74. The standard InChI is InChI=1S/C9H11ClN6O2S/c1-5-2-6(3-7(11)9(5)10)19(17,18)12-4-8-13-15-16-14-8/h2-3,12H,4,11H2,1H3,(H,13,14,15,16). The topological polar surface area (TPSA) is 127 Å². The quantitative estimate of drug-likeness (QED) is 0.693. The maximum atomic E-state index is 12.0. The molecule has 0 saturated heterocycles. The lowest BCUT2D eigenvalue weighted by Crippen LogP contribution is -2.24. The normalized spacial score (nSPS) is 11.7. The molecular weight excluding hydrogens is 292 g/mol. The van der Waals surface area contributed by atoms with Crippen molar-refractivity contribution in [1.29, 1.82) is 0 Å². The van der Waals surface area contributed by atoms with Gasteiger partial charge in [-0.3, -0.25) is 0 Å². The highest BCUT2D eigenvalue weighted by Gasteiger charge is 2.17. The monoisotopic (exact) mass is 302 g/mol. The Labute approximate surface area is 114 Å². The third-order valence-electron chi connectivity index (χ3n) is 2.38. The van der Waals surface area contributed by atoms with Gasteiger partial charge in [-0.05, 0) is 24.6 Å². The van der Waals surface area contributed by atoms with Crippen molar-refractivity contribution in [2.75, 3.05) is 5.73 Å². The first-order valence-electron chi connectivity index (χ1n) is 5.18. The number of sulfonamides is 1. The summed E-state index contributed by atoms with van der Waals surface area (Å²) < 4.78 is 26.4. The molecule has 2 rings (SSSR count). The van der Waals surface area contributed by atoms with Crippen molar-refractivity contribution >= 4 is 27.3 Å². The molecule has 1 heterocycles. The minimum absolute atomic E-state index is 0.0374. The maximum Gasteiger partial charge on any atom is 0.241 e. The van der Waals surface area contributed by atoms with Crippen molar-refractivity contribution in [3.63, 3.8) is 0 Å². The number of hydrogen-bond donors (Lipinski definition) is 3. The first-order valence-corrected chi connectivity index (χ1v) is 7.04. The van der Waals surface area contributed by atoms with E-state index >= 15 is 0 Å². The summed E-state index contributed by atoms with van der Waals surface area (Å²) >= 11 is 5.89. The van der Waals surface area contributed by atoms with Gasteiger partial charge in [0.15, 0.2) is 5.82 Å². The molecule has 0 aliphatic rings. The van der Waals surface area contributed by atoms with E-state index in [0.717, 1.165) is 0 Å². The number of benzene rings is 1. The van der Waals surface area contributed by atoms with Crippen LogP contribution in [0.4, 0.5) is 5.69 Å². The third kappa shape index (κ3) is 3.00. The molecule has 8 nitrogen and oxygen atoms in total. The molecule has 0 atom stereocenters. The van der Waals surface area contributed by atoms with Crippen molar-refractivity contribution in [2.45, 2.75) is 18.4 Å². The van der Waals surface area contributed by atoms with Crippen LogP contribution in [0.3, 0.4) is 0 Å². The summed E-state index contributed by atoms with van der Waals surface area (Å²) in [5.74, 6) is 0.238. The molecule has 0 saturated carbocycles. The molecule has 0 unspecified atom stereocenters. The zero-order valence-electron chi connectivity index (χ0n) is 9.88. The van der Waals surface area contributed by atoms with Crippen molar-refractivity contribution in [1.82, 2.24) is 25.3 Å². The van der Waals surface area contributed by atoms with Gasteiger partial charge in [-0.25, -0.2) is 13.1 Å². The predicted molar refractivity (Wildman–Crippen MR) is 68.8 cm³/mol. The molecule has 19 heavy (non-hydrogen) atoms. The van der Waals surface area contributed by atoms with Gasteiger partial charge in [-0.1, -0.05) is 16.8 Å². The van der Waals surface area contributed by atoms with Crippen molar-refractivity contribution in [3.05, 3.63) is 28.5 Å². The molecular formula is C9H11ClN6O2S. The summed E-state index contributed by atoms with van der Waals surface area (Å²) in [4.78, 5) is 0.0374. The van der Waals surface area contributed by atoms with E-state index in [4.69, 9.17) is 17.3 Å². The van der Waals surface area contributed by atoms with Gasteiger partial charge < -0.3 is 5.73 Å². The Morgan fingerprint density at radius 2 is 2.21 bits per heavy atom. The Morgan fingerprint density at radius 3 is 2.79 bits per heavy atom. The molecule has 0 amide bonds. The highest BCUT2D eigenvalue weighted by atomic mass is 35.5. The number of anilines is 1. The number of hydrogen-bond acceptors (Lipinski definition) is 6. The summed E-state index contributed by atoms with van der Waals surface area (Å²) in [7, 11) is -3.71. The summed E-state index contributed by atoms with van der Waals surface area (Å²) in [5.41, 5.74) is 6.44. The number of nitrogen functional groups attached to an aromatic ring is 1. The SMILES string of the molecule is Cc1cc(S(=O)(=O)NCc2nn[nH]n2)cc(N)c1Cl. The fourth-order valence-corrected chi connectivity index (χ4v) is 2.63. The Morgan fingerprint density at radius 1 is 1.47 bits per heavy atom. The second-order valence-electron chi connectivity index (χ2n) is 3.80. The lowest BCUT2D eigenvalue weighted by Gasteiger charge is -2.08. The van der Waals surface area contributed by atoms with Crippen LogP contribution in [0, 0.1) is 6.92 Å². The number of nitrogens with zero attached hydrogens (tertiary/aromatic N) is 3. The van der Waals surface area contributed by atoms with Gasteiger partial charge >= 0.3 is 0 Å². The predicted octanol–water partition coefficient (Wildman–Crippen LogP) is 0.222. The number of nitrogens with two attached hydrogens (primary N) is 1. The lowest BCUT2D eigenvalue weighted by molar-refractivity contribution is 0.579. The zero-order chi connectivity index (χ0) is 14.0. The van der Waals surface area contributed by atoms with Crippen LogP contribution in [-0.4, -0.2) is 29.0 Å². The van der Waals surface area contributed by atoms with Crippen LogP contribution in [0.25, 0.3) is 0 Å². The Balaban J connectivity index is 2.24. The van der Waals surface area contributed by atoms with Crippen molar-refractivity contribution < 1.29 is 8.42 Å². The van der Waals surface area contributed by atoms with Gasteiger partial charge in [-0.2, -0.15) is 5.21 Å². The minimum Gasteiger partial charge on any atom is -0.397 e. The van der Waals surface area contributed by atoms with Crippen LogP contribution < -0.4 is 10.5 Å². The third-order valence-corrected chi connectivity index (χ3v) is 4.27. The number of nitrogens with one attached hydrogen (secondary N) is 2. The minimum atomic E-state index is -3.71. The summed E-state index contributed by atoms with van der Waals surface area (Å²) in [6.07, 6.45) is 0. The first kappa shape index (κ1) is 13.7. The molecule has 4 N–H and O–H groups in total. The number of aromatic nitrogens is 4. The smallest absolute Gasteiger partial charge is 0.241 e. The van der Waals surface area contributed by atoms with Gasteiger partial charge in [0.05, 0.1) is 22.2 Å². The van der Waals surface area contributed by atoms with E-state index in [1.54, 1.807) is 6.92 Å². The van der Waals surface area contributed by atoms with Gasteiger partial charge in [0.25, 0.3) is 0 Å². The van der Waals surface area contributed by atoms with Crippen LogP contribution >= 0.6 is 11.6 Å². The number of halogens is 1. The fourth-order valence-electron chi connectivity index (χ4n) is 1.42. The summed E-state index contributed by atoms with van der Waals surface area (Å²) in [6.45, 7) is 1.61. The molecule has 0 spiro atoms. The van der Waals surface area contributed by atoms with Crippen LogP contribution in [0.15, 0.2) is 17.0 Å². The van der Waals surface area contributed by atoms with Gasteiger partial charge in [-0.15, -0.1) is 10.2 Å². The van der Waals surface area contributed by atoms with E-state index in [9.17, 15) is 8.42 Å².